The van der Waals surface area contributed by atoms with Gasteiger partial charge in [-0.25, -0.2) is 4.79 Å². The summed E-state index contributed by atoms with van der Waals surface area (Å²) in [5, 5.41) is 9.06. The topological polar surface area (TPSA) is 74.2 Å². The highest BCUT2D eigenvalue weighted by Crippen LogP contribution is 2.39. The zero-order chi connectivity index (χ0) is 21.4. The van der Waals surface area contributed by atoms with Crippen LogP contribution in [0.15, 0.2) is 12.2 Å². The second-order valence-electron chi connectivity index (χ2n) is 9.39. The molecule has 0 spiro atoms. The molecule has 0 radical (unpaired) electrons. The minimum atomic E-state index is -1.77. The van der Waals surface area contributed by atoms with Gasteiger partial charge in [-0.3, -0.25) is 0 Å². The normalized spacial score (nSPS) is 31.0. The summed E-state index contributed by atoms with van der Waals surface area (Å²) < 4.78 is 24.5. The van der Waals surface area contributed by atoms with Crippen LogP contribution in [0, 0.1) is 17.8 Å². The zero-order valence-electron chi connectivity index (χ0n) is 18.8. The van der Waals surface area contributed by atoms with Crippen molar-refractivity contribution in [2.75, 3.05) is 19.8 Å². The summed E-state index contributed by atoms with van der Waals surface area (Å²) in [6, 6.07) is 1.12. The van der Waals surface area contributed by atoms with Gasteiger partial charge in [0.1, 0.15) is 6.61 Å². The molecule has 2 aliphatic rings. The first-order valence-corrected chi connectivity index (χ1v) is 14.2. The summed E-state index contributed by atoms with van der Waals surface area (Å²) in [4.78, 5) is 11.0. The van der Waals surface area contributed by atoms with Gasteiger partial charge in [0.05, 0.1) is 12.2 Å². The van der Waals surface area contributed by atoms with Crippen LogP contribution in [0.4, 0.5) is 0 Å². The third-order valence-electron chi connectivity index (χ3n) is 5.73. The molecule has 168 valence electrons. The average molecular weight is 429 g/mol. The molecule has 1 unspecified atom stereocenters. The van der Waals surface area contributed by atoms with Crippen LogP contribution in [0.25, 0.3) is 0 Å². The molecule has 5 atom stereocenters. The summed E-state index contributed by atoms with van der Waals surface area (Å²) in [5.74, 6) is -0.116. The highest BCUT2D eigenvalue weighted by molar-refractivity contribution is 6.71. The van der Waals surface area contributed by atoms with Crippen molar-refractivity contribution in [2.24, 2.45) is 17.8 Å². The van der Waals surface area contributed by atoms with Crippen LogP contribution in [0.5, 0.6) is 0 Å². The van der Waals surface area contributed by atoms with Crippen molar-refractivity contribution < 1.29 is 28.5 Å². The van der Waals surface area contributed by atoms with Crippen LogP contribution >= 0.6 is 0 Å². The van der Waals surface area contributed by atoms with Crippen molar-refractivity contribution in [1.29, 1.82) is 0 Å². The Kier molecular flexibility index (Phi) is 9.82. The fourth-order valence-corrected chi connectivity index (χ4v) is 7.41. The number of carbonyl (C=O) groups is 1. The van der Waals surface area contributed by atoms with Gasteiger partial charge in [-0.1, -0.05) is 26.0 Å². The lowest BCUT2D eigenvalue weighted by molar-refractivity contribution is -0.197. The smallest absolute Gasteiger partial charge is 0.329 e. The van der Waals surface area contributed by atoms with Gasteiger partial charge >= 0.3 is 5.97 Å². The van der Waals surface area contributed by atoms with Gasteiger partial charge in [0.15, 0.2) is 14.6 Å². The number of carboxylic acid groups (broad SMARTS) is 1. The van der Waals surface area contributed by atoms with E-state index < -0.39 is 14.3 Å². The summed E-state index contributed by atoms with van der Waals surface area (Å²) in [6.07, 6.45) is 7.51. The maximum absolute atomic E-state index is 11.0. The largest absolute Gasteiger partial charge is 0.480 e. The Bertz CT molecular complexity index is 529. The Labute approximate surface area is 177 Å². The fourth-order valence-electron chi connectivity index (χ4n) is 4.68. The number of allylic oxidation sites excluding steroid dienone is 1. The molecule has 7 heteroatoms. The molecular formula is C22H40O6Si. The zero-order valence-corrected chi connectivity index (χ0v) is 19.8. The van der Waals surface area contributed by atoms with E-state index in [0.717, 1.165) is 31.9 Å². The number of rotatable bonds is 11. The Morgan fingerprint density at radius 2 is 2.03 bits per heavy atom. The molecule has 0 amide bonds. The number of hydrogen-bond acceptors (Lipinski definition) is 5. The van der Waals surface area contributed by atoms with Gasteiger partial charge in [-0.2, -0.15) is 0 Å². The molecule has 1 aliphatic heterocycles. The van der Waals surface area contributed by atoms with Crippen LogP contribution in [-0.2, 0) is 23.4 Å². The number of hydrogen-bond donors (Lipinski definition) is 1. The molecule has 2 rings (SSSR count). The standard InChI is InChI=1S/C22H40O6Si/c1-6-9-17-18(13-27-29(4,5)15-16(2)3)20(12-19(17)26-14-21(23)24)28-22-10-7-8-11-25-22/h6,9,16-20,22H,7-8,10-15H2,1-5H3,(H,23,24)/t17-,18-,19+,20-,22?/m1/s1. The summed E-state index contributed by atoms with van der Waals surface area (Å²) in [7, 11) is -1.77. The summed E-state index contributed by atoms with van der Waals surface area (Å²) in [5.41, 5.74) is 0. The van der Waals surface area contributed by atoms with E-state index in [0.29, 0.717) is 18.9 Å². The summed E-state index contributed by atoms with van der Waals surface area (Å²) >= 11 is 0. The van der Waals surface area contributed by atoms with Crippen molar-refractivity contribution >= 4 is 14.3 Å². The molecule has 1 aliphatic carbocycles. The number of aliphatic carboxylic acids is 1. The lowest BCUT2D eigenvalue weighted by Crippen LogP contribution is -2.38. The molecule has 0 aromatic rings. The van der Waals surface area contributed by atoms with Crippen LogP contribution in [0.1, 0.15) is 46.5 Å². The van der Waals surface area contributed by atoms with Crippen LogP contribution in [0.2, 0.25) is 19.1 Å². The van der Waals surface area contributed by atoms with E-state index in [9.17, 15) is 4.79 Å². The highest BCUT2D eigenvalue weighted by Gasteiger charge is 2.45. The van der Waals surface area contributed by atoms with Crippen molar-refractivity contribution in [2.45, 2.75) is 84.1 Å². The molecular weight excluding hydrogens is 388 g/mol. The first-order chi connectivity index (χ1) is 13.7. The second-order valence-corrected chi connectivity index (χ2v) is 13.6. The molecule has 2 fully saturated rings. The third kappa shape index (κ3) is 8.13. The first kappa shape index (κ1) is 24.5. The van der Waals surface area contributed by atoms with Crippen molar-refractivity contribution in [3.8, 4) is 0 Å². The minimum Gasteiger partial charge on any atom is -0.480 e. The van der Waals surface area contributed by atoms with E-state index >= 15 is 0 Å². The molecule has 29 heavy (non-hydrogen) atoms. The molecule has 0 aromatic carbocycles. The number of ether oxygens (including phenoxy) is 3. The monoisotopic (exact) mass is 428 g/mol. The van der Waals surface area contributed by atoms with Gasteiger partial charge in [-0.05, 0) is 51.2 Å². The molecule has 1 saturated heterocycles. The summed E-state index contributed by atoms with van der Waals surface area (Å²) in [6.45, 7) is 12.1. The Morgan fingerprint density at radius 3 is 2.62 bits per heavy atom. The Balaban J connectivity index is 2.11. The van der Waals surface area contributed by atoms with Crippen LogP contribution < -0.4 is 0 Å². The van der Waals surface area contributed by atoms with Crippen LogP contribution in [0.3, 0.4) is 0 Å². The lowest BCUT2D eigenvalue weighted by Gasteiger charge is -2.32. The predicted octanol–water partition coefficient (Wildman–Crippen LogP) is 4.46. The van der Waals surface area contributed by atoms with E-state index in [4.69, 9.17) is 23.7 Å². The van der Waals surface area contributed by atoms with E-state index in [1.165, 1.54) is 0 Å². The fraction of sp³-hybridized carbons (Fsp3) is 0.864. The molecule has 1 N–H and O–H groups in total. The van der Waals surface area contributed by atoms with Crippen molar-refractivity contribution in [3.05, 3.63) is 12.2 Å². The van der Waals surface area contributed by atoms with Crippen molar-refractivity contribution in [1.82, 2.24) is 0 Å². The maximum atomic E-state index is 11.0. The van der Waals surface area contributed by atoms with Gasteiger partial charge < -0.3 is 23.7 Å². The second kappa shape index (κ2) is 11.6. The van der Waals surface area contributed by atoms with Crippen molar-refractivity contribution in [3.63, 3.8) is 0 Å². The van der Waals surface area contributed by atoms with E-state index in [-0.39, 0.29) is 36.9 Å². The van der Waals surface area contributed by atoms with E-state index in [2.05, 4.69) is 33.0 Å². The third-order valence-corrected chi connectivity index (χ3v) is 8.48. The van der Waals surface area contributed by atoms with Crippen LogP contribution in [-0.4, -0.2) is 57.7 Å². The molecule has 1 heterocycles. The lowest BCUT2D eigenvalue weighted by atomic mass is 9.94. The minimum absolute atomic E-state index is 0.0538. The highest BCUT2D eigenvalue weighted by atomic mass is 28.4. The first-order valence-electron chi connectivity index (χ1n) is 11.1. The SMILES string of the molecule is CC=C[C@@H]1[C@@H](CO[Si](C)(C)CC(C)C)[C@H](OC2CCCCO2)C[C@@H]1OCC(=O)O. The van der Waals surface area contributed by atoms with E-state index in [1.54, 1.807) is 0 Å². The quantitative estimate of drug-likeness (QED) is 0.387. The molecule has 0 bridgehead atoms. The molecule has 1 saturated carbocycles. The molecule has 0 aromatic heterocycles. The predicted molar refractivity (Wildman–Crippen MR) is 115 cm³/mol. The van der Waals surface area contributed by atoms with Gasteiger partial charge in [0, 0.05) is 31.5 Å². The van der Waals surface area contributed by atoms with Gasteiger partial charge in [0.2, 0.25) is 0 Å². The van der Waals surface area contributed by atoms with Gasteiger partial charge in [-0.15, -0.1) is 0 Å². The average Bonchev–Trinajstić information content (AvgIpc) is 2.95. The van der Waals surface area contributed by atoms with Gasteiger partial charge in [0.25, 0.3) is 0 Å². The Hall–Kier alpha value is -0.733. The van der Waals surface area contributed by atoms with E-state index in [1.807, 2.05) is 13.0 Å². The Morgan fingerprint density at radius 1 is 1.28 bits per heavy atom. The number of carboxylic acids is 1. The molecule has 6 nitrogen and oxygen atoms in total. The maximum Gasteiger partial charge on any atom is 0.329 e.